The lowest BCUT2D eigenvalue weighted by Crippen LogP contribution is -2.33. The van der Waals surface area contributed by atoms with Crippen LogP contribution in [0.3, 0.4) is 0 Å². The molecule has 0 aliphatic heterocycles. The van der Waals surface area contributed by atoms with E-state index in [0.29, 0.717) is 11.3 Å². The minimum atomic E-state index is -0.941. The molecule has 0 saturated carbocycles. The van der Waals surface area contributed by atoms with Crippen molar-refractivity contribution in [2.75, 3.05) is 0 Å². The van der Waals surface area contributed by atoms with Crippen LogP contribution in [0.15, 0.2) is 90.0 Å². The number of benzene rings is 4. The summed E-state index contributed by atoms with van der Waals surface area (Å²) >= 11 is 6.13. The Hall–Kier alpha value is -4.76. The third kappa shape index (κ3) is 6.09. The fourth-order valence-electron chi connectivity index (χ4n) is 3.43. The van der Waals surface area contributed by atoms with Crippen LogP contribution in [0.25, 0.3) is 10.8 Å². The molecule has 0 radical (unpaired) electrons. The number of nitro groups is 1. The highest BCUT2D eigenvalue weighted by atomic mass is 35.5. The second kappa shape index (κ2) is 11.3. The maximum Gasteiger partial charge on any atom is 0.345 e. The number of ether oxygens (including phenoxy) is 2. The molecule has 0 fully saturated rings. The largest absolute Gasteiger partial charge is 0.481 e. The van der Waals surface area contributed by atoms with Gasteiger partial charge in [0.05, 0.1) is 21.7 Å². The number of nitrogens with one attached hydrogen (secondary N) is 1. The van der Waals surface area contributed by atoms with Crippen LogP contribution in [-0.2, 0) is 4.79 Å². The Bertz CT molecular complexity index is 1500. The Morgan fingerprint density at radius 2 is 1.70 bits per heavy atom. The van der Waals surface area contributed by atoms with Gasteiger partial charge in [0.25, 0.3) is 11.6 Å². The van der Waals surface area contributed by atoms with Crippen molar-refractivity contribution in [3.05, 3.63) is 111 Å². The van der Waals surface area contributed by atoms with Crippen molar-refractivity contribution >= 4 is 46.2 Å². The lowest BCUT2D eigenvalue weighted by atomic mass is 10.0. The van der Waals surface area contributed by atoms with Gasteiger partial charge >= 0.3 is 5.97 Å². The number of amides is 1. The normalized spacial score (nSPS) is 11.7. The molecule has 0 aliphatic rings. The average molecular weight is 518 g/mol. The molecule has 4 rings (SSSR count). The molecule has 0 aliphatic carbocycles. The molecular weight excluding hydrogens is 498 g/mol. The number of carbonyl (C=O) groups is 2. The zero-order valence-electron chi connectivity index (χ0n) is 19.5. The highest BCUT2D eigenvalue weighted by Crippen LogP contribution is 2.28. The molecule has 10 heteroatoms. The number of non-ortho nitro benzene ring substituents is 1. The van der Waals surface area contributed by atoms with Gasteiger partial charge in [-0.2, -0.15) is 5.10 Å². The third-order valence-electron chi connectivity index (χ3n) is 5.33. The van der Waals surface area contributed by atoms with Crippen LogP contribution in [0, 0.1) is 10.1 Å². The minimum absolute atomic E-state index is 0.0878. The van der Waals surface area contributed by atoms with Gasteiger partial charge in [-0.1, -0.05) is 54.1 Å². The van der Waals surface area contributed by atoms with Gasteiger partial charge in [0.1, 0.15) is 11.5 Å². The minimum Gasteiger partial charge on any atom is -0.481 e. The lowest BCUT2D eigenvalue weighted by molar-refractivity contribution is -0.384. The van der Waals surface area contributed by atoms with Gasteiger partial charge in [0, 0.05) is 17.7 Å². The number of esters is 1. The van der Waals surface area contributed by atoms with E-state index in [2.05, 4.69) is 10.5 Å². The SMILES string of the molecule is C[C@H](Oc1ccc([N+](=O)[O-])cc1)C(=O)N/N=C\c1c(OC(=O)c2ccccc2Cl)ccc2ccccc12. The van der Waals surface area contributed by atoms with E-state index in [0.717, 1.165) is 10.8 Å². The van der Waals surface area contributed by atoms with E-state index in [9.17, 15) is 19.7 Å². The van der Waals surface area contributed by atoms with Crippen LogP contribution in [0.4, 0.5) is 5.69 Å². The molecule has 0 aromatic heterocycles. The number of rotatable bonds is 8. The maximum absolute atomic E-state index is 12.8. The Balaban J connectivity index is 1.51. The summed E-state index contributed by atoms with van der Waals surface area (Å²) in [5.74, 6) is -0.661. The van der Waals surface area contributed by atoms with Crippen LogP contribution in [0.1, 0.15) is 22.8 Å². The monoisotopic (exact) mass is 517 g/mol. The summed E-state index contributed by atoms with van der Waals surface area (Å²) in [5.41, 5.74) is 3.00. The summed E-state index contributed by atoms with van der Waals surface area (Å²) in [6.07, 6.45) is 0.442. The molecule has 0 bridgehead atoms. The average Bonchev–Trinajstić information content (AvgIpc) is 2.90. The van der Waals surface area contributed by atoms with E-state index in [1.807, 2.05) is 24.3 Å². The number of halogens is 1. The first-order valence-corrected chi connectivity index (χ1v) is 11.4. The van der Waals surface area contributed by atoms with Crippen LogP contribution in [-0.4, -0.2) is 29.1 Å². The van der Waals surface area contributed by atoms with Gasteiger partial charge in [-0.3, -0.25) is 14.9 Å². The van der Waals surface area contributed by atoms with Crippen molar-refractivity contribution in [1.82, 2.24) is 5.43 Å². The van der Waals surface area contributed by atoms with E-state index < -0.39 is 22.9 Å². The predicted molar refractivity (Wildman–Crippen MR) is 139 cm³/mol. The zero-order chi connectivity index (χ0) is 26.4. The van der Waals surface area contributed by atoms with Crippen molar-refractivity contribution in [2.45, 2.75) is 13.0 Å². The molecule has 4 aromatic rings. The Morgan fingerprint density at radius 1 is 1.00 bits per heavy atom. The molecule has 4 aromatic carbocycles. The van der Waals surface area contributed by atoms with Gasteiger partial charge in [0.15, 0.2) is 6.10 Å². The maximum atomic E-state index is 12.8. The van der Waals surface area contributed by atoms with E-state index in [1.165, 1.54) is 37.4 Å². The summed E-state index contributed by atoms with van der Waals surface area (Å²) < 4.78 is 11.2. The van der Waals surface area contributed by atoms with E-state index in [-0.39, 0.29) is 22.0 Å². The fraction of sp³-hybridized carbons (Fsp3) is 0.0741. The summed E-state index contributed by atoms with van der Waals surface area (Å²) in [6.45, 7) is 1.51. The van der Waals surface area contributed by atoms with Crippen LogP contribution in [0.2, 0.25) is 5.02 Å². The lowest BCUT2D eigenvalue weighted by Gasteiger charge is -2.13. The molecule has 0 spiro atoms. The molecule has 0 saturated heterocycles. The topological polar surface area (TPSA) is 120 Å². The molecule has 1 amide bonds. The van der Waals surface area contributed by atoms with Crippen molar-refractivity contribution in [3.63, 3.8) is 0 Å². The van der Waals surface area contributed by atoms with Gasteiger partial charge in [0.2, 0.25) is 0 Å². The number of nitrogens with zero attached hydrogens (tertiary/aromatic N) is 2. The second-order valence-corrected chi connectivity index (χ2v) is 8.22. The van der Waals surface area contributed by atoms with Crippen LogP contribution < -0.4 is 14.9 Å². The highest BCUT2D eigenvalue weighted by Gasteiger charge is 2.17. The van der Waals surface area contributed by atoms with Crippen molar-refractivity contribution < 1.29 is 24.0 Å². The predicted octanol–water partition coefficient (Wildman–Crippen LogP) is 5.54. The number of nitro benzene ring substituents is 1. The number of hydrazone groups is 1. The molecule has 1 atom stereocenters. The number of hydrogen-bond acceptors (Lipinski definition) is 7. The number of fused-ring (bicyclic) bond motifs is 1. The summed E-state index contributed by atoms with van der Waals surface area (Å²) in [4.78, 5) is 35.5. The smallest absolute Gasteiger partial charge is 0.345 e. The molecule has 37 heavy (non-hydrogen) atoms. The molecule has 0 heterocycles. The standard InChI is InChI=1S/C27H20ClN3O6/c1-17(36-20-13-11-19(12-14-20)31(34)35)26(32)30-29-16-23-21-7-3-2-6-18(21)10-15-25(23)37-27(33)22-8-4-5-9-24(22)28/h2-17H,1H3,(H,30,32)/b29-16-/t17-/m0/s1. The summed E-state index contributed by atoms with van der Waals surface area (Å²) in [6, 6.07) is 22.8. The molecular formula is C27H20ClN3O6. The van der Waals surface area contributed by atoms with Crippen molar-refractivity contribution in [1.29, 1.82) is 0 Å². The van der Waals surface area contributed by atoms with Gasteiger partial charge in [-0.25, -0.2) is 10.2 Å². The van der Waals surface area contributed by atoms with Crippen LogP contribution >= 0.6 is 11.6 Å². The Morgan fingerprint density at radius 3 is 2.43 bits per heavy atom. The quantitative estimate of drug-likeness (QED) is 0.108. The van der Waals surface area contributed by atoms with Crippen molar-refractivity contribution in [2.24, 2.45) is 5.10 Å². The zero-order valence-corrected chi connectivity index (χ0v) is 20.2. The van der Waals surface area contributed by atoms with E-state index in [4.69, 9.17) is 21.1 Å². The first-order chi connectivity index (χ1) is 17.8. The Labute approximate surface area is 216 Å². The van der Waals surface area contributed by atoms with E-state index in [1.54, 1.807) is 36.4 Å². The summed E-state index contributed by atoms with van der Waals surface area (Å²) in [7, 11) is 0. The summed E-state index contributed by atoms with van der Waals surface area (Å²) in [5, 5.41) is 16.7. The van der Waals surface area contributed by atoms with E-state index >= 15 is 0 Å². The first kappa shape index (κ1) is 25.3. The highest BCUT2D eigenvalue weighted by molar-refractivity contribution is 6.33. The molecule has 186 valence electrons. The molecule has 0 unspecified atom stereocenters. The first-order valence-electron chi connectivity index (χ1n) is 11.1. The third-order valence-corrected chi connectivity index (χ3v) is 5.65. The van der Waals surface area contributed by atoms with Crippen LogP contribution in [0.5, 0.6) is 11.5 Å². The van der Waals surface area contributed by atoms with Crippen molar-refractivity contribution in [3.8, 4) is 11.5 Å². The molecule has 1 N–H and O–H groups in total. The molecule has 9 nitrogen and oxygen atoms in total. The number of carbonyl (C=O) groups excluding carboxylic acids is 2. The fourth-order valence-corrected chi connectivity index (χ4v) is 3.65. The van der Waals surface area contributed by atoms with Gasteiger partial charge in [-0.05, 0) is 48.0 Å². The second-order valence-electron chi connectivity index (χ2n) is 7.81. The number of hydrogen-bond donors (Lipinski definition) is 1. The Kier molecular flexibility index (Phi) is 7.75. The van der Waals surface area contributed by atoms with Gasteiger partial charge in [-0.15, -0.1) is 0 Å². The van der Waals surface area contributed by atoms with Gasteiger partial charge < -0.3 is 9.47 Å².